The molecule has 1 heterocycles. The van der Waals surface area contributed by atoms with Gasteiger partial charge in [0.1, 0.15) is 5.75 Å². The summed E-state index contributed by atoms with van der Waals surface area (Å²) in [6.07, 6.45) is 1.66. The molecule has 0 saturated carbocycles. The van der Waals surface area contributed by atoms with Crippen LogP contribution in [0, 0.1) is 6.92 Å². The molecule has 56 valence electrons. The van der Waals surface area contributed by atoms with Crippen molar-refractivity contribution in [1.82, 2.24) is 4.57 Å². The summed E-state index contributed by atoms with van der Waals surface area (Å²) in [7, 11) is 1.88. The lowest BCUT2D eigenvalue weighted by molar-refractivity contribution is 0.468. The SMILES string of the molecule is Cc1c(CN)c(O)cn1C. The van der Waals surface area contributed by atoms with Gasteiger partial charge in [0.15, 0.2) is 0 Å². The normalized spacial score (nSPS) is 10.3. The summed E-state index contributed by atoms with van der Waals surface area (Å²) in [4.78, 5) is 0. The molecule has 0 aliphatic heterocycles. The number of nitrogens with zero attached hydrogens (tertiary/aromatic N) is 1. The van der Waals surface area contributed by atoms with Crippen molar-refractivity contribution >= 4 is 0 Å². The van der Waals surface area contributed by atoms with Gasteiger partial charge in [-0.25, -0.2) is 0 Å². The van der Waals surface area contributed by atoms with E-state index in [1.807, 2.05) is 18.5 Å². The highest BCUT2D eigenvalue weighted by atomic mass is 16.3. The van der Waals surface area contributed by atoms with E-state index < -0.39 is 0 Å². The molecule has 0 saturated heterocycles. The number of aromatic hydroxyl groups is 1. The van der Waals surface area contributed by atoms with Crippen LogP contribution in [0.1, 0.15) is 11.3 Å². The highest BCUT2D eigenvalue weighted by Crippen LogP contribution is 2.20. The first-order valence-corrected chi connectivity index (χ1v) is 3.20. The molecule has 0 radical (unpaired) electrons. The van der Waals surface area contributed by atoms with Crippen molar-refractivity contribution in [2.75, 3.05) is 0 Å². The van der Waals surface area contributed by atoms with Gasteiger partial charge in [0, 0.05) is 31.0 Å². The number of aryl methyl sites for hydroxylation is 1. The van der Waals surface area contributed by atoms with E-state index in [4.69, 9.17) is 5.73 Å². The Hall–Kier alpha value is -0.960. The Morgan fingerprint density at radius 1 is 1.70 bits per heavy atom. The van der Waals surface area contributed by atoms with Gasteiger partial charge in [0.2, 0.25) is 0 Å². The minimum Gasteiger partial charge on any atom is -0.506 e. The van der Waals surface area contributed by atoms with Gasteiger partial charge in [0.25, 0.3) is 0 Å². The fourth-order valence-electron chi connectivity index (χ4n) is 1.01. The molecule has 3 N–H and O–H groups in total. The van der Waals surface area contributed by atoms with Crippen LogP contribution in [0.2, 0.25) is 0 Å². The first kappa shape index (κ1) is 7.15. The molecule has 0 aromatic carbocycles. The van der Waals surface area contributed by atoms with Crippen LogP contribution in [0.4, 0.5) is 0 Å². The van der Waals surface area contributed by atoms with Crippen LogP contribution in [0.15, 0.2) is 6.20 Å². The zero-order valence-electron chi connectivity index (χ0n) is 6.26. The third-order valence-corrected chi connectivity index (χ3v) is 1.80. The summed E-state index contributed by atoms with van der Waals surface area (Å²) in [6, 6.07) is 0. The van der Waals surface area contributed by atoms with E-state index in [0.29, 0.717) is 12.3 Å². The maximum absolute atomic E-state index is 9.21. The van der Waals surface area contributed by atoms with Gasteiger partial charge >= 0.3 is 0 Å². The third-order valence-electron chi connectivity index (χ3n) is 1.80. The summed E-state index contributed by atoms with van der Waals surface area (Å²) in [6.45, 7) is 2.33. The van der Waals surface area contributed by atoms with E-state index in [-0.39, 0.29) is 0 Å². The fraction of sp³-hybridized carbons (Fsp3) is 0.429. The smallest absolute Gasteiger partial charge is 0.137 e. The molecular weight excluding hydrogens is 128 g/mol. The van der Waals surface area contributed by atoms with Crippen molar-refractivity contribution in [2.45, 2.75) is 13.5 Å². The molecule has 3 heteroatoms. The Morgan fingerprint density at radius 2 is 2.30 bits per heavy atom. The summed E-state index contributed by atoms with van der Waals surface area (Å²) in [5, 5.41) is 9.21. The minimum absolute atomic E-state index is 0.294. The molecule has 0 bridgehead atoms. The molecule has 0 aliphatic carbocycles. The predicted octanol–water partition coefficient (Wildman–Crippen LogP) is 0.498. The lowest BCUT2D eigenvalue weighted by Crippen LogP contribution is -1.98. The van der Waals surface area contributed by atoms with Crippen LogP contribution in [0.25, 0.3) is 0 Å². The second-order valence-corrected chi connectivity index (χ2v) is 2.39. The van der Waals surface area contributed by atoms with Crippen LogP contribution in [0.3, 0.4) is 0 Å². The monoisotopic (exact) mass is 140 g/mol. The lowest BCUT2D eigenvalue weighted by Gasteiger charge is -1.96. The number of hydrogen-bond donors (Lipinski definition) is 2. The zero-order valence-corrected chi connectivity index (χ0v) is 6.26. The van der Waals surface area contributed by atoms with Crippen LogP contribution in [0.5, 0.6) is 5.75 Å². The predicted molar refractivity (Wildman–Crippen MR) is 39.7 cm³/mol. The second-order valence-electron chi connectivity index (χ2n) is 2.39. The Kier molecular flexibility index (Phi) is 1.68. The van der Waals surface area contributed by atoms with Crippen LogP contribution in [-0.2, 0) is 13.6 Å². The van der Waals surface area contributed by atoms with Gasteiger partial charge in [-0.15, -0.1) is 0 Å². The van der Waals surface area contributed by atoms with Crippen molar-refractivity contribution in [3.8, 4) is 5.75 Å². The summed E-state index contributed by atoms with van der Waals surface area (Å²) >= 11 is 0. The van der Waals surface area contributed by atoms with Crippen molar-refractivity contribution < 1.29 is 5.11 Å². The Morgan fingerprint density at radius 3 is 2.50 bits per heavy atom. The van der Waals surface area contributed by atoms with Crippen LogP contribution >= 0.6 is 0 Å². The molecule has 0 spiro atoms. The highest BCUT2D eigenvalue weighted by Gasteiger charge is 2.06. The minimum atomic E-state index is 0.294. The van der Waals surface area contributed by atoms with E-state index in [1.165, 1.54) is 0 Å². The van der Waals surface area contributed by atoms with Crippen molar-refractivity contribution in [2.24, 2.45) is 12.8 Å². The molecular formula is C7H12N2O. The molecule has 1 aromatic heterocycles. The third kappa shape index (κ3) is 0.885. The van der Waals surface area contributed by atoms with E-state index in [2.05, 4.69) is 0 Å². The average Bonchev–Trinajstić information content (AvgIpc) is 2.09. The average molecular weight is 140 g/mol. The summed E-state index contributed by atoms with van der Waals surface area (Å²) in [5.74, 6) is 0.294. The zero-order chi connectivity index (χ0) is 7.72. The van der Waals surface area contributed by atoms with Crippen molar-refractivity contribution in [1.29, 1.82) is 0 Å². The fourth-order valence-corrected chi connectivity index (χ4v) is 1.01. The molecule has 0 unspecified atom stereocenters. The van der Waals surface area contributed by atoms with Crippen molar-refractivity contribution in [3.05, 3.63) is 17.5 Å². The maximum Gasteiger partial charge on any atom is 0.137 e. The maximum atomic E-state index is 9.21. The van der Waals surface area contributed by atoms with Gasteiger partial charge in [-0.2, -0.15) is 0 Å². The van der Waals surface area contributed by atoms with E-state index in [0.717, 1.165) is 11.3 Å². The number of nitrogens with two attached hydrogens (primary N) is 1. The standard InChI is InChI=1S/C7H12N2O/c1-5-6(3-8)7(10)4-9(5)2/h4,10H,3,8H2,1-2H3. The Bertz CT molecular complexity index is 240. The van der Waals surface area contributed by atoms with Gasteiger partial charge in [-0.1, -0.05) is 0 Å². The topological polar surface area (TPSA) is 51.2 Å². The van der Waals surface area contributed by atoms with Crippen molar-refractivity contribution in [3.63, 3.8) is 0 Å². The largest absolute Gasteiger partial charge is 0.506 e. The van der Waals surface area contributed by atoms with Crippen LogP contribution in [-0.4, -0.2) is 9.67 Å². The molecule has 0 amide bonds. The van der Waals surface area contributed by atoms with Gasteiger partial charge in [-0.3, -0.25) is 0 Å². The summed E-state index contributed by atoms with van der Waals surface area (Å²) < 4.78 is 1.86. The van der Waals surface area contributed by atoms with E-state index in [9.17, 15) is 5.11 Å². The molecule has 0 atom stereocenters. The molecule has 1 aromatic rings. The van der Waals surface area contributed by atoms with Gasteiger partial charge in [-0.05, 0) is 6.92 Å². The Labute approximate surface area is 60.1 Å². The molecule has 3 nitrogen and oxygen atoms in total. The first-order valence-electron chi connectivity index (χ1n) is 3.20. The Balaban J connectivity index is 3.20. The highest BCUT2D eigenvalue weighted by molar-refractivity contribution is 5.35. The summed E-state index contributed by atoms with van der Waals surface area (Å²) in [5.41, 5.74) is 7.25. The molecule has 10 heavy (non-hydrogen) atoms. The van der Waals surface area contributed by atoms with E-state index in [1.54, 1.807) is 6.20 Å². The molecule has 1 rings (SSSR count). The lowest BCUT2D eigenvalue weighted by atomic mass is 10.2. The number of rotatable bonds is 1. The first-order chi connectivity index (χ1) is 4.66. The number of aromatic nitrogens is 1. The molecule has 0 aliphatic rings. The molecule has 0 fully saturated rings. The second kappa shape index (κ2) is 2.34. The number of hydrogen-bond acceptors (Lipinski definition) is 2. The van der Waals surface area contributed by atoms with Crippen LogP contribution < -0.4 is 5.73 Å². The van der Waals surface area contributed by atoms with Gasteiger partial charge in [0.05, 0.1) is 0 Å². The quantitative estimate of drug-likeness (QED) is 0.596. The van der Waals surface area contributed by atoms with E-state index >= 15 is 0 Å². The van der Waals surface area contributed by atoms with Gasteiger partial charge < -0.3 is 15.4 Å².